The van der Waals surface area contributed by atoms with Crippen molar-refractivity contribution < 1.29 is 89.4 Å². The molecule has 3 aliphatic heterocycles. The van der Waals surface area contributed by atoms with Crippen molar-refractivity contribution in [2.45, 2.75) is 413 Å². The highest BCUT2D eigenvalue weighted by atomic mass is 16.8. The zero-order chi connectivity index (χ0) is 80.3. The number of aliphatic hydroxyl groups excluding tert-OH is 11. The van der Waals surface area contributed by atoms with Crippen LogP contribution >= 0.6 is 0 Å². The van der Waals surface area contributed by atoms with E-state index in [0.29, 0.717) is 12.8 Å². The van der Waals surface area contributed by atoms with E-state index in [9.17, 15) is 61.0 Å². The van der Waals surface area contributed by atoms with E-state index in [1.165, 1.54) is 167 Å². The molecule has 3 heterocycles. The first kappa shape index (κ1) is 101. The highest BCUT2D eigenvalue weighted by Crippen LogP contribution is 2.33. The molecule has 0 saturated carbocycles. The van der Waals surface area contributed by atoms with E-state index in [4.69, 9.17) is 28.4 Å². The predicted molar refractivity (Wildman–Crippen MR) is 447 cm³/mol. The number of hydrogen-bond donors (Lipinski definition) is 12. The Labute approximate surface area is 670 Å². The van der Waals surface area contributed by atoms with Gasteiger partial charge in [-0.15, -0.1) is 0 Å². The van der Waals surface area contributed by atoms with E-state index in [2.05, 4.69) is 141 Å². The molecule has 0 aromatic carbocycles. The van der Waals surface area contributed by atoms with Crippen molar-refractivity contribution >= 4 is 5.91 Å². The van der Waals surface area contributed by atoms with Crippen molar-refractivity contribution in [1.82, 2.24) is 5.32 Å². The van der Waals surface area contributed by atoms with Crippen molar-refractivity contribution in [3.63, 3.8) is 0 Å². The topological polar surface area (TPSA) is 307 Å². The SMILES string of the molecule is CC/C=C\C/C=C\C/C=C\C/C=C\C/C=C\C/C=C\C/C=C\C/C=C\C/C=C\CCCCCCCCCCCCCCCC(=O)NC(COC1OC(CO)C(OC2OC(CO)C(OC3OC(CO)C(O)C(O)C3O)C(O)C2O)C(O)C1O)C(O)/C=C/CC/C=C/CCCCCCCCCCCCCCCCCCCCC. The third kappa shape index (κ3) is 48.9. The summed E-state index contributed by atoms with van der Waals surface area (Å²) in [5, 5.41) is 121. The molecule has 0 aliphatic carbocycles. The second-order valence-electron chi connectivity index (χ2n) is 30.6. The number of aliphatic hydroxyl groups is 11. The summed E-state index contributed by atoms with van der Waals surface area (Å²) < 4.78 is 34.5. The lowest BCUT2D eigenvalue weighted by molar-refractivity contribution is -0.379. The van der Waals surface area contributed by atoms with Gasteiger partial charge in [-0.05, 0) is 103 Å². The van der Waals surface area contributed by atoms with Gasteiger partial charge in [0, 0.05) is 6.42 Å². The monoisotopic (exact) mass is 1560 g/mol. The number of nitrogens with one attached hydrogen (secondary N) is 1. The molecule has 0 spiro atoms. The molecule has 12 N–H and O–H groups in total. The van der Waals surface area contributed by atoms with Gasteiger partial charge in [0.25, 0.3) is 0 Å². The largest absolute Gasteiger partial charge is 0.394 e. The van der Waals surface area contributed by atoms with Gasteiger partial charge in [-0.2, -0.15) is 0 Å². The minimum absolute atomic E-state index is 0.227. The van der Waals surface area contributed by atoms with Crippen LogP contribution in [0.1, 0.15) is 309 Å². The average Bonchev–Trinajstić information content (AvgIpc) is 0.780. The first-order valence-electron chi connectivity index (χ1n) is 43.9. The Morgan fingerprint density at radius 1 is 0.333 bits per heavy atom. The normalized spacial score (nSPS) is 25.7. The summed E-state index contributed by atoms with van der Waals surface area (Å²) >= 11 is 0. The van der Waals surface area contributed by atoms with Crippen LogP contribution < -0.4 is 5.32 Å². The Bertz CT molecular complexity index is 2530. The van der Waals surface area contributed by atoms with Crippen LogP contribution in [0.2, 0.25) is 0 Å². The smallest absolute Gasteiger partial charge is 0.220 e. The van der Waals surface area contributed by atoms with E-state index in [1.807, 2.05) is 6.08 Å². The van der Waals surface area contributed by atoms with Crippen LogP contribution in [0, 0.1) is 0 Å². The van der Waals surface area contributed by atoms with Gasteiger partial charge < -0.3 is 89.9 Å². The van der Waals surface area contributed by atoms with Gasteiger partial charge in [-0.1, -0.05) is 334 Å². The molecule has 0 aromatic rings. The number of rotatable bonds is 69. The van der Waals surface area contributed by atoms with Gasteiger partial charge >= 0.3 is 0 Å². The molecule has 1 amide bonds. The molecule has 0 bridgehead atoms. The molecule has 17 unspecified atom stereocenters. The van der Waals surface area contributed by atoms with E-state index in [0.717, 1.165) is 109 Å². The Kier molecular flexibility index (Phi) is 63.9. The maximum atomic E-state index is 13.5. The van der Waals surface area contributed by atoms with E-state index < -0.39 is 124 Å². The maximum Gasteiger partial charge on any atom is 0.220 e. The van der Waals surface area contributed by atoms with Crippen LogP contribution in [0.4, 0.5) is 0 Å². The van der Waals surface area contributed by atoms with Gasteiger partial charge in [0.15, 0.2) is 18.9 Å². The quantitative estimate of drug-likeness (QED) is 0.0199. The van der Waals surface area contributed by atoms with Crippen LogP contribution in [-0.2, 0) is 33.2 Å². The summed E-state index contributed by atoms with van der Waals surface area (Å²) in [4.78, 5) is 13.5. The Morgan fingerprint density at radius 3 is 1.01 bits per heavy atom. The Hall–Kier alpha value is -4.07. The van der Waals surface area contributed by atoms with Crippen LogP contribution in [0.3, 0.4) is 0 Å². The van der Waals surface area contributed by atoms with Crippen LogP contribution in [0.15, 0.2) is 134 Å². The molecule has 0 aromatic heterocycles. The number of hydrogen-bond acceptors (Lipinski definition) is 18. The highest BCUT2D eigenvalue weighted by molar-refractivity contribution is 5.76. The number of ether oxygens (including phenoxy) is 6. The van der Waals surface area contributed by atoms with Crippen LogP contribution in [-0.4, -0.2) is 193 Å². The number of allylic oxidation sites excluding steroid dienone is 21. The molecule has 3 aliphatic rings. The Balaban J connectivity index is 1.34. The molecule has 3 fully saturated rings. The standard InChI is InChI=1S/C92H157NO18/c1-3-5-7-9-11-13-15-17-19-21-23-25-27-29-30-31-32-33-34-35-36-37-38-39-40-41-42-43-44-46-48-50-52-54-56-58-60-62-64-66-68-70-80(98)93-75(76(97)69-67-65-63-61-59-57-55-53-51-49-47-45-28-26-24-22-20-18-16-14-12-10-8-6-4-2)74-106-90-86(104)83(101)88(78(72-95)108-90)111-92-87(105)84(102)89(79(73-96)109-92)110-91-85(103)82(100)81(99)77(71-94)107-91/h5,7,11,13,17,19,23,25,29-30,32-33,35-36,38-39,41-42,59,61,67,69,75-79,81-92,94-97,99-105H,3-4,6,8-10,12,14-16,18,20-22,24,26-28,31,34,37,40,43-58,60,62-66,68,70-74H2,1-2H3,(H,93,98)/b7-5-,13-11-,19-17-,25-23-,30-29-,33-32-,36-35-,39-38-,42-41-,61-59+,69-67+. The van der Waals surface area contributed by atoms with Gasteiger partial charge in [-0.25, -0.2) is 0 Å². The summed E-state index contributed by atoms with van der Waals surface area (Å²) in [6, 6.07) is -1.00. The zero-order valence-corrected chi connectivity index (χ0v) is 68.6. The van der Waals surface area contributed by atoms with Crippen molar-refractivity contribution in [1.29, 1.82) is 0 Å². The maximum absolute atomic E-state index is 13.5. The molecule has 3 saturated heterocycles. The lowest BCUT2D eigenvalue weighted by Gasteiger charge is -2.48. The van der Waals surface area contributed by atoms with Crippen molar-refractivity contribution in [3.8, 4) is 0 Å². The second kappa shape index (κ2) is 70.2. The summed E-state index contributed by atoms with van der Waals surface area (Å²) in [5.74, 6) is -0.288. The highest BCUT2D eigenvalue weighted by Gasteiger charge is 2.54. The fraction of sp³-hybridized carbons (Fsp3) is 0.750. The molecule has 19 heteroatoms. The van der Waals surface area contributed by atoms with Crippen molar-refractivity contribution in [3.05, 3.63) is 134 Å². The first-order valence-corrected chi connectivity index (χ1v) is 43.9. The van der Waals surface area contributed by atoms with E-state index in [1.54, 1.807) is 6.08 Å². The number of carbonyl (C=O) groups is 1. The van der Waals surface area contributed by atoms with Gasteiger partial charge in [-0.3, -0.25) is 4.79 Å². The van der Waals surface area contributed by atoms with Crippen molar-refractivity contribution in [2.24, 2.45) is 0 Å². The van der Waals surface area contributed by atoms with E-state index in [-0.39, 0.29) is 18.9 Å². The average molecular weight is 1570 g/mol. The lowest BCUT2D eigenvalue weighted by Crippen LogP contribution is -2.66. The van der Waals surface area contributed by atoms with Gasteiger partial charge in [0.05, 0.1) is 38.6 Å². The number of amides is 1. The summed E-state index contributed by atoms with van der Waals surface area (Å²) in [5.41, 5.74) is 0. The minimum atomic E-state index is -1.99. The van der Waals surface area contributed by atoms with Crippen LogP contribution in [0.25, 0.3) is 0 Å². The van der Waals surface area contributed by atoms with E-state index >= 15 is 0 Å². The zero-order valence-electron chi connectivity index (χ0n) is 68.6. The first-order chi connectivity index (χ1) is 54.3. The molecule has 0 radical (unpaired) electrons. The van der Waals surface area contributed by atoms with Gasteiger partial charge in [0.2, 0.25) is 5.91 Å². The molecule has 638 valence electrons. The molecule has 19 nitrogen and oxygen atoms in total. The summed E-state index contributed by atoms with van der Waals surface area (Å²) in [6.07, 6.45) is 74.4. The second-order valence-corrected chi connectivity index (χ2v) is 30.6. The van der Waals surface area contributed by atoms with Gasteiger partial charge in [0.1, 0.15) is 73.2 Å². The lowest BCUT2D eigenvalue weighted by atomic mass is 9.96. The Morgan fingerprint density at radius 2 is 0.631 bits per heavy atom. The van der Waals surface area contributed by atoms with Crippen molar-refractivity contribution in [2.75, 3.05) is 26.4 Å². The predicted octanol–water partition coefficient (Wildman–Crippen LogP) is 16.4. The van der Waals surface area contributed by atoms with Crippen LogP contribution in [0.5, 0.6) is 0 Å². The third-order valence-corrected chi connectivity index (χ3v) is 20.9. The molecule has 111 heavy (non-hydrogen) atoms. The molecular weight excluding hydrogens is 1410 g/mol. The minimum Gasteiger partial charge on any atom is -0.394 e. The number of unbranched alkanes of at least 4 members (excludes halogenated alkanes) is 33. The molecule has 3 rings (SSSR count). The molecular formula is C92H157NO18. The fourth-order valence-electron chi connectivity index (χ4n) is 14.0. The molecule has 17 atom stereocenters. The fourth-order valence-corrected chi connectivity index (χ4v) is 14.0. The third-order valence-electron chi connectivity index (χ3n) is 20.9. The number of carbonyl (C=O) groups excluding carboxylic acids is 1. The summed E-state index contributed by atoms with van der Waals surface area (Å²) in [6.45, 7) is 1.63. The summed E-state index contributed by atoms with van der Waals surface area (Å²) in [7, 11) is 0.